The molecule has 1 amide bonds. The molecule has 0 unspecified atom stereocenters. The van der Waals surface area contributed by atoms with Gasteiger partial charge in [-0.25, -0.2) is 0 Å². The van der Waals surface area contributed by atoms with Crippen molar-refractivity contribution in [3.05, 3.63) is 29.3 Å². The van der Waals surface area contributed by atoms with Crippen LogP contribution in [-0.4, -0.2) is 60.1 Å². The molecule has 3 N–H and O–H groups in total. The molecular formula is C16H25N3O2. The molecule has 0 aliphatic carbocycles. The van der Waals surface area contributed by atoms with Crippen LogP contribution in [0, 0.1) is 6.92 Å². The molecule has 1 aliphatic rings. The number of nitrogens with zero attached hydrogens (tertiary/aromatic N) is 2. The first-order chi connectivity index (χ1) is 10.1. The molecule has 0 radical (unpaired) electrons. The molecular weight excluding hydrogens is 266 g/mol. The van der Waals surface area contributed by atoms with Crippen LogP contribution < -0.4 is 5.73 Å². The highest BCUT2D eigenvalue weighted by Crippen LogP contribution is 2.19. The van der Waals surface area contributed by atoms with Crippen LogP contribution in [0.1, 0.15) is 28.8 Å². The zero-order valence-corrected chi connectivity index (χ0v) is 12.7. The number of hydrogen-bond donors (Lipinski definition) is 2. The van der Waals surface area contributed by atoms with Crippen LogP contribution in [-0.2, 0) is 0 Å². The number of carbonyl (C=O) groups is 1. The van der Waals surface area contributed by atoms with Gasteiger partial charge in [0.2, 0.25) is 0 Å². The molecule has 5 heteroatoms. The number of aryl methyl sites for hydroxylation is 1. The maximum absolute atomic E-state index is 12.5. The summed E-state index contributed by atoms with van der Waals surface area (Å²) in [6.07, 6.45) is 1.98. The van der Waals surface area contributed by atoms with E-state index in [1.54, 1.807) is 18.2 Å². The maximum atomic E-state index is 12.5. The SMILES string of the molecule is Cc1ccc(C(=O)N2CCCN(CCCN)CC2)cc1O. The summed E-state index contributed by atoms with van der Waals surface area (Å²) < 4.78 is 0. The lowest BCUT2D eigenvalue weighted by Gasteiger charge is -2.22. The lowest BCUT2D eigenvalue weighted by molar-refractivity contribution is 0.0761. The molecule has 1 fully saturated rings. The largest absolute Gasteiger partial charge is 0.508 e. The second kappa shape index (κ2) is 7.43. The van der Waals surface area contributed by atoms with E-state index >= 15 is 0 Å². The Labute approximate surface area is 126 Å². The highest BCUT2D eigenvalue weighted by Gasteiger charge is 2.20. The zero-order chi connectivity index (χ0) is 15.2. The number of amides is 1. The lowest BCUT2D eigenvalue weighted by atomic mass is 10.1. The highest BCUT2D eigenvalue weighted by molar-refractivity contribution is 5.94. The van der Waals surface area contributed by atoms with Crippen LogP contribution in [0.5, 0.6) is 5.75 Å². The minimum absolute atomic E-state index is 0.00553. The number of nitrogens with two attached hydrogens (primary N) is 1. The maximum Gasteiger partial charge on any atom is 0.254 e. The van der Waals surface area contributed by atoms with Crippen molar-refractivity contribution in [1.29, 1.82) is 0 Å². The quantitative estimate of drug-likeness (QED) is 0.874. The first-order valence-corrected chi connectivity index (χ1v) is 7.63. The third kappa shape index (κ3) is 4.19. The molecule has 0 spiro atoms. The second-order valence-corrected chi connectivity index (χ2v) is 5.63. The first-order valence-electron chi connectivity index (χ1n) is 7.63. The average molecular weight is 291 g/mol. The summed E-state index contributed by atoms with van der Waals surface area (Å²) in [5.41, 5.74) is 6.90. The van der Waals surface area contributed by atoms with E-state index in [9.17, 15) is 9.90 Å². The van der Waals surface area contributed by atoms with Gasteiger partial charge >= 0.3 is 0 Å². The smallest absolute Gasteiger partial charge is 0.254 e. The van der Waals surface area contributed by atoms with E-state index in [1.165, 1.54) is 0 Å². The topological polar surface area (TPSA) is 69.8 Å². The van der Waals surface area contributed by atoms with Crippen LogP contribution in [0.2, 0.25) is 0 Å². The summed E-state index contributed by atoms with van der Waals surface area (Å²) in [6, 6.07) is 5.14. The van der Waals surface area contributed by atoms with Crippen LogP contribution in [0.3, 0.4) is 0 Å². The zero-order valence-electron chi connectivity index (χ0n) is 12.7. The van der Waals surface area contributed by atoms with Gasteiger partial charge in [0, 0.05) is 25.2 Å². The van der Waals surface area contributed by atoms with Crippen molar-refractivity contribution in [3.8, 4) is 5.75 Å². The minimum Gasteiger partial charge on any atom is -0.508 e. The highest BCUT2D eigenvalue weighted by atomic mass is 16.3. The predicted molar refractivity (Wildman–Crippen MR) is 83.5 cm³/mol. The van der Waals surface area contributed by atoms with Crippen molar-refractivity contribution in [2.45, 2.75) is 19.8 Å². The first kappa shape index (κ1) is 15.8. The summed E-state index contributed by atoms with van der Waals surface area (Å²) in [5.74, 6) is 0.186. The summed E-state index contributed by atoms with van der Waals surface area (Å²) in [5, 5.41) is 9.75. The Kier molecular flexibility index (Phi) is 5.59. The third-order valence-electron chi connectivity index (χ3n) is 4.01. The van der Waals surface area contributed by atoms with Crippen LogP contribution in [0.15, 0.2) is 18.2 Å². The Hall–Kier alpha value is -1.59. The molecule has 0 aromatic heterocycles. The molecule has 1 aromatic rings. The van der Waals surface area contributed by atoms with Crippen molar-refractivity contribution >= 4 is 5.91 Å². The Bertz CT molecular complexity index is 490. The van der Waals surface area contributed by atoms with Crippen molar-refractivity contribution in [2.75, 3.05) is 39.3 Å². The van der Waals surface area contributed by atoms with Gasteiger partial charge in [-0.05, 0) is 57.1 Å². The Balaban J connectivity index is 1.98. The van der Waals surface area contributed by atoms with E-state index in [0.717, 1.165) is 51.1 Å². The van der Waals surface area contributed by atoms with Crippen molar-refractivity contribution in [1.82, 2.24) is 9.80 Å². The van der Waals surface area contributed by atoms with Gasteiger partial charge in [0.05, 0.1) is 0 Å². The minimum atomic E-state index is 0.00553. The number of phenols is 1. The summed E-state index contributed by atoms with van der Waals surface area (Å²) in [7, 11) is 0. The van der Waals surface area contributed by atoms with Gasteiger partial charge in [-0.2, -0.15) is 0 Å². The van der Waals surface area contributed by atoms with Gasteiger partial charge in [-0.3, -0.25) is 4.79 Å². The molecule has 116 valence electrons. The van der Waals surface area contributed by atoms with Gasteiger partial charge in [0.25, 0.3) is 5.91 Å². The van der Waals surface area contributed by atoms with E-state index in [0.29, 0.717) is 12.1 Å². The normalized spacial score (nSPS) is 16.8. The van der Waals surface area contributed by atoms with Crippen molar-refractivity contribution < 1.29 is 9.90 Å². The molecule has 1 heterocycles. The molecule has 21 heavy (non-hydrogen) atoms. The molecule has 0 bridgehead atoms. The van der Waals surface area contributed by atoms with E-state index in [4.69, 9.17) is 5.73 Å². The van der Waals surface area contributed by atoms with Gasteiger partial charge < -0.3 is 20.6 Å². The Morgan fingerprint density at radius 1 is 1.29 bits per heavy atom. The van der Waals surface area contributed by atoms with E-state index in [1.807, 2.05) is 11.8 Å². The summed E-state index contributed by atoms with van der Waals surface area (Å²) >= 11 is 0. The van der Waals surface area contributed by atoms with Gasteiger partial charge in [-0.1, -0.05) is 6.07 Å². The molecule has 2 rings (SSSR count). The molecule has 0 atom stereocenters. The fraction of sp³-hybridized carbons (Fsp3) is 0.562. The van der Waals surface area contributed by atoms with Gasteiger partial charge in [0.15, 0.2) is 0 Å². The number of phenolic OH excluding ortho intramolecular Hbond substituents is 1. The standard InChI is InChI=1S/C16H25N3O2/c1-13-4-5-14(12-15(13)20)16(21)19-9-3-8-18(10-11-19)7-2-6-17/h4-5,12,20H,2-3,6-11,17H2,1H3. The number of aromatic hydroxyl groups is 1. The molecule has 5 nitrogen and oxygen atoms in total. The fourth-order valence-electron chi connectivity index (χ4n) is 2.64. The lowest BCUT2D eigenvalue weighted by Crippen LogP contribution is -2.35. The number of carbonyl (C=O) groups excluding carboxylic acids is 1. The Morgan fingerprint density at radius 3 is 2.81 bits per heavy atom. The number of benzene rings is 1. The van der Waals surface area contributed by atoms with Gasteiger partial charge in [-0.15, -0.1) is 0 Å². The summed E-state index contributed by atoms with van der Waals surface area (Å²) in [4.78, 5) is 16.8. The molecule has 1 saturated heterocycles. The van der Waals surface area contributed by atoms with Crippen LogP contribution in [0.25, 0.3) is 0 Å². The number of rotatable bonds is 4. The fourth-order valence-corrected chi connectivity index (χ4v) is 2.64. The van der Waals surface area contributed by atoms with Crippen molar-refractivity contribution in [3.63, 3.8) is 0 Å². The van der Waals surface area contributed by atoms with Crippen molar-refractivity contribution in [2.24, 2.45) is 5.73 Å². The predicted octanol–water partition coefficient (Wildman–Crippen LogP) is 1.20. The van der Waals surface area contributed by atoms with Crippen LogP contribution in [0.4, 0.5) is 0 Å². The second-order valence-electron chi connectivity index (χ2n) is 5.63. The third-order valence-corrected chi connectivity index (χ3v) is 4.01. The monoisotopic (exact) mass is 291 g/mol. The molecule has 1 aliphatic heterocycles. The Morgan fingerprint density at radius 2 is 2.10 bits per heavy atom. The number of hydrogen-bond acceptors (Lipinski definition) is 4. The van der Waals surface area contributed by atoms with Gasteiger partial charge in [0.1, 0.15) is 5.75 Å². The van der Waals surface area contributed by atoms with Crippen LogP contribution >= 0.6 is 0 Å². The molecule has 1 aromatic carbocycles. The van der Waals surface area contributed by atoms with E-state index < -0.39 is 0 Å². The molecule has 0 saturated carbocycles. The summed E-state index contributed by atoms with van der Waals surface area (Å²) in [6.45, 7) is 6.95. The van der Waals surface area contributed by atoms with E-state index in [-0.39, 0.29) is 11.7 Å². The van der Waals surface area contributed by atoms with E-state index in [2.05, 4.69) is 4.90 Å². The average Bonchev–Trinajstić information content (AvgIpc) is 2.73.